The number of allylic oxidation sites excluding steroid dienone is 1. The fourth-order valence-corrected chi connectivity index (χ4v) is 3.43. The summed E-state index contributed by atoms with van der Waals surface area (Å²) in [7, 11) is 0. The number of rotatable bonds is 7. The molecule has 1 fully saturated rings. The van der Waals surface area contributed by atoms with E-state index >= 15 is 0 Å². The number of carbonyl (C=O) groups excluding carboxylic acids is 2. The third-order valence-electron chi connectivity index (χ3n) is 4.70. The number of Topliss-reactive ketones (excluding diaryl/α,β-unsaturated/α-hetero) is 1. The molecular formula is C19H22ClNO5. The molecule has 140 valence electrons. The van der Waals surface area contributed by atoms with Crippen molar-refractivity contribution < 1.29 is 24.5 Å². The summed E-state index contributed by atoms with van der Waals surface area (Å²) in [5.41, 5.74) is 1.80. The van der Waals surface area contributed by atoms with Gasteiger partial charge in [0, 0.05) is 18.0 Å². The highest BCUT2D eigenvalue weighted by Gasteiger charge is 2.39. The molecule has 1 aromatic rings. The van der Waals surface area contributed by atoms with Gasteiger partial charge in [0.1, 0.15) is 5.57 Å². The van der Waals surface area contributed by atoms with E-state index in [2.05, 4.69) is 5.32 Å². The van der Waals surface area contributed by atoms with E-state index in [1.165, 1.54) is 0 Å². The number of fused-ring (bicyclic) bond motifs is 1. The van der Waals surface area contributed by atoms with Gasteiger partial charge in [0.2, 0.25) is 0 Å². The van der Waals surface area contributed by atoms with Gasteiger partial charge < -0.3 is 20.3 Å². The summed E-state index contributed by atoms with van der Waals surface area (Å²) in [6.07, 6.45) is 2.88. The fraction of sp³-hybridized carbons (Fsp3) is 0.474. The van der Waals surface area contributed by atoms with Crippen molar-refractivity contribution >= 4 is 29.0 Å². The molecule has 2 unspecified atom stereocenters. The third-order valence-corrected chi connectivity index (χ3v) is 5.01. The van der Waals surface area contributed by atoms with Crippen LogP contribution in [0.4, 0.5) is 5.69 Å². The van der Waals surface area contributed by atoms with Gasteiger partial charge in [-0.15, -0.1) is 0 Å². The van der Waals surface area contributed by atoms with Gasteiger partial charge in [-0.1, -0.05) is 17.7 Å². The Morgan fingerprint density at radius 2 is 2.15 bits per heavy atom. The molecule has 3 N–H and O–H groups in total. The molecule has 0 heterocycles. The zero-order chi connectivity index (χ0) is 18.8. The molecule has 3 rings (SSSR count). The summed E-state index contributed by atoms with van der Waals surface area (Å²) in [6, 6.07) is 3.37. The van der Waals surface area contributed by atoms with Gasteiger partial charge in [0.15, 0.2) is 5.78 Å². The molecule has 0 aromatic heterocycles. The normalized spacial score (nSPS) is 20.2. The first kappa shape index (κ1) is 18.9. The maximum Gasteiger partial charge on any atom is 0.341 e. The van der Waals surface area contributed by atoms with Crippen LogP contribution in [0.1, 0.15) is 41.6 Å². The van der Waals surface area contributed by atoms with E-state index in [0.29, 0.717) is 22.2 Å². The average molecular weight is 380 g/mol. The lowest BCUT2D eigenvalue weighted by atomic mass is 9.80. The first-order chi connectivity index (χ1) is 12.5. The highest BCUT2D eigenvalue weighted by Crippen LogP contribution is 2.48. The van der Waals surface area contributed by atoms with Gasteiger partial charge in [-0.05, 0) is 43.4 Å². The first-order valence-corrected chi connectivity index (χ1v) is 9.13. The van der Waals surface area contributed by atoms with Crippen molar-refractivity contribution in [2.24, 2.45) is 5.92 Å². The lowest BCUT2D eigenvalue weighted by Gasteiger charge is -2.25. The number of aliphatic hydroxyl groups excluding tert-OH is 2. The summed E-state index contributed by atoms with van der Waals surface area (Å²) in [4.78, 5) is 25.0. The quantitative estimate of drug-likeness (QED) is 0.497. The number of halogens is 1. The maximum atomic E-state index is 12.9. The van der Waals surface area contributed by atoms with Crippen molar-refractivity contribution in [3.63, 3.8) is 0 Å². The summed E-state index contributed by atoms with van der Waals surface area (Å²) < 4.78 is 5.03. The van der Waals surface area contributed by atoms with Crippen LogP contribution < -0.4 is 5.32 Å². The number of benzene rings is 1. The summed E-state index contributed by atoms with van der Waals surface area (Å²) in [5, 5.41) is 21.8. The minimum atomic E-state index is -0.938. The SMILES string of the molecule is CCOC(=O)C1=CC(C2CC2)c2cc(Cl)c(NCC(O)CO)cc2C1=O. The van der Waals surface area contributed by atoms with E-state index < -0.39 is 12.1 Å². The smallest absolute Gasteiger partial charge is 0.341 e. The molecule has 0 radical (unpaired) electrons. The van der Waals surface area contributed by atoms with Crippen molar-refractivity contribution in [2.75, 3.05) is 25.1 Å². The van der Waals surface area contributed by atoms with E-state index in [1.54, 1.807) is 25.1 Å². The van der Waals surface area contributed by atoms with Crippen LogP contribution in [0.25, 0.3) is 0 Å². The molecule has 7 heteroatoms. The monoisotopic (exact) mass is 379 g/mol. The Hall–Kier alpha value is -1.89. The van der Waals surface area contributed by atoms with Gasteiger partial charge >= 0.3 is 5.97 Å². The predicted molar refractivity (Wildman–Crippen MR) is 97.5 cm³/mol. The van der Waals surface area contributed by atoms with Crippen LogP contribution in [-0.4, -0.2) is 47.8 Å². The molecule has 0 saturated heterocycles. The fourth-order valence-electron chi connectivity index (χ4n) is 3.19. The number of anilines is 1. The molecule has 2 atom stereocenters. The number of nitrogens with one attached hydrogen (secondary N) is 1. The Kier molecular flexibility index (Phi) is 5.65. The molecule has 0 amide bonds. The zero-order valence-electron chi connectivity index (χ0n) is 14.5. The Labute approximate surface area is 156 Å². The van der Waals surface area contributed by atoms with Crippen LogP contribution >= 0.6 is 11.6 Å². The van der Waals surface area contributed by atoms with Crippen LogP contribution in [0.3, 0.4) is 0 Å². The van der Waals surface area contributed by atoms with Crippen molar-refractivity contribution in [3.8, 4) is 0 Å². The standard InChI is InChI=1S/C19H22ClNO5/c1-2-26-19(25)15-5-12(10-3-4-10)13-6-16(20)17(7-14(13)18(15)24)21-8-11(23)9-22/h5-7,10-12,21-23H,2-4,8-9H2,1H3. The van der Waals surface area contributed by atoms with E-state index in [0.717, 1.165) is 18.4 Å². The topological polar surface area (TPSA) is 95.9 Å². The van der Waals surface area contributed by atoms with E-state index in [-0.39, 0.29) is 37.0 Å². The third kappa shape index (κ3) is 3.77. The predicted octanol–water partition coefficient (Wildman–Crippen LogP) is 2.28. The molecular weight excluding hydrogens is 358 g/mol. The molecule has 0 aliphatic heterocycles. The number of ketones is 1. The zero-order valence-corrected chi connectivity index (χ0v) is 15.3. The Bertz CT molecular complexity index is 757. The number of hydrogen-bond donors (Lipinski definition) is 3. The second-order valence-corrected chi connectivity index (χ2v) is 7.04. The molecule has 1 aromatic carbocycles. The van der Waals surface area contributed by atoms with Gasteiger partial charge in [-0.2, -0.15) is 0 Å². The number of carbonyl (C=O) groups is 2. The van der Waals surface area contributed by atoms with Crippen molar-refractivity contribution in [1.29, 1.82) is 0 Å². The lowest BCUT2D eigenvalue weighted by Crippen LogP contribution is -2.25. The maximum absolute atomic E-state index is 12.9. The Morgan fingerprint density at radius 3 is 2.77 bits per heavy atom. The van der Waals surface area contributed by atoms with Crippen LogP contribution in [0.15, 0.2) is 23.8 Å². The van der Waals surface area contributed by atoms with Crippen LogP contribution in [-0.2, 0) is 9.53 Å². The van der Waals surface area contributed by atoms with Gasteiger partial charge in [0.25, 0.3) is 0 Å². The van der Waals surface area contributed by atoms with Crippen molar-refractivity contribution in [1.82, 2.24) is 0 Å². The molecule has 2 aliphatic rings. The van der Waals surface area contributed by atoms with Gasteiger partial charge in [-0.25, -0.2) is 4.79 Å². The highest BCUT2D eigenvalue weighted by atomic mass is 35.5. The molecule has 0 spiro atoms. The van der Waals surface area contributed by atoms with Crippen molar-refractivity contribution in [2.45, 2.75) is 31.8 Å². The summed E-state index contributed by atoms with van der Waals surface area (Å²) >= 11 is 6.34. The minimum Gasteiger partial charge on any atom is -0.462 e. The lowest BCUT2D eigenvalue weighted by molar-refractivity contribution is -0.138. The van der Waals surface area contributed by atoms with E-state index in [9.17, 15) is 14.7 Å². The summed E-state index contributed by atoms with van der Waals surface area (Å²) in [5.74, 6) is -0.610. The molecule has 6 nitrogen and oxygen atoms in total. The van der Waals surface area contributed by atoms with E-state index in [1.807, 2.05) is 0 Å². The number of esters is 1. The Balaban J connectivity index is 1.96. The number of aliphatic hydroxyl groups is 2. The number of hydrogen-bond acceptors (Lipinski definition) is 6. The number of ether oxygens (including phenoxy) is 1. The minimum absolute atomic E-state index is 0.0308. The van der Waals surface area contributed by atoms with Gasteiger partial charge in [0.05, 0.1) is 30.0 Å². The molecule has 0 bridgehead atoms. The average Bonchev–Trinajstić information content (AvgIpc) is 3.45. The van der Waals surface area contributed by atoms with Crippen molar-refractivity contribution in [3.05, 3.63) is 39.9 Å². The van der Waals surface area contributed by atoms with Crippen LogP contribution in [0, 0.1) is 5.92 Å². The molecule has 2 aliphatic carbocycles. The molecule has 1 saturated carbocycles. The van der Waals surface area contributed by atoms with E-state index in [4.69, 9.17) is 21.4 Å². The second-order valence-electron chi connectivity index (χ2n) is 6.63. The summed E-state index contributed by atoms with van der Waals surface area (Å²) in [6.45, 7) is 1.62. The highest BCUT2D eigenvalue weighted by molar-refractivity contribution is 6.34. The second kappa shape index (κ2) is 7.78. The van der Waals surface area contributed by atoms with Crippen LogP contribution in [0.5, 0.6) is 0 Å². The first-order valence-electron chi connectivity index (χ1n) is 8.76. The molecule has 26 heavy (non-hydrogen) atoms. The van der Waals surface area contributed by atoms with Gasteiger partial charge in [-0.3, -0.25) is 4.79 Å². The largest absolute Gasteiger partial charge is 0.462 e. The Morgan fingerprint density at radius 1 is 1.42 bits per heavy atom. The van der Waals surface area contributed by atoms with Crippen LogP contribution in [0.2, 0.25) is 5.02 Å².